The second-order valence-electron chi connectivity index (χ2n) is 5.61. The van der Waals surface area contributed by atoms with Crippen LogP contribution in [0.3, 0.4) is 0 Å². The maximum atomic E-state index is 11.8. The fraction of sp³-hybridized carbons (Fsp3) is 0.467. The van der Waals surface area contributed by atoms with Gasteiger partial charge >= 0.3 is 0 Å². The third-order valence-electron chi connectivity index (χ3n) is 2.64. The van der Waals surface area contributed by atoms with Crippen molar-refractivity contribution in [1.82, 2.24) is 5.32 Å². The molecule has 1 rings (SSSR count). The fourth-order valence-electron chi connectivity index (χ4n) is 1.40. The molecule has 1 aromatic rings. The number of likely N-dealkylation sites (N-methyl/N-ethyl adjacent to an activating group) is 1. The van der Waals surface area contributed by atoms with Gasteiger partial charge in [-0.3, -0.25) is 9.59 Å². The zero-order chi connectivity index (χ0) is 15.2. The van der Waals surface area contributed by atoms with Crippen LogP contribution in [0.4, 0.5) is 11.4 Å². The number of benzene rings is 1. The van der Waals surface area contributed by atoms with E-state index in [0.29, 0.717) is 12.2 Å². The van der Waals surface area contributed by atoms with E-state index in [4.69, 9.17) is 0 Å². The molecule has 0 aliphatic heterocycles. The van der Waals surface area contributed by atoms with Crippen molar-refractivity contribution in [2.45, 2.75) is 27.7 Å². The number of hydrogen-bond acceptors (Lipinski definition) is 3. The molecule has 0 heterocycles. The van der Waals surface area contributed by atoms with E-state index in [9.17, 15) is 9.59 Å². The molecule has 5 nitrogen and oxygen atoms in total. The van der Waals surface area contributed by atoms with Gasteiger partial charge in [0.05, 0.1) is 6.54 Å². The van der Waals surface area contributed by atoms with Crippen molar-refractivity contribution in [3.8, 4) is 0 Å². The van der Waals surface area contributed by atoms with Crippen molar-refractivity contribution in [2.75, 3.05) is 23.7 Å². The molecule has 3 N–H and O–H groups in total. The van der Waals surface area contributed by atoms with Gasteiger partial charge in [-0.05, 0) is 30.8 Å². The van der Waals surface area contributed by atoms with Gasteiger partial charge in [-0.2, -0.15) is 0 Å². The lowest BCUT2D eigenvalue weighted by atomic mass is 9.95. The highest BCUT2D eigenvalue weighted by Gasteiger charge is 2.20. The number of carbonyl (C=O) groups is 2. The molecule has 2 amide bonds. The van der Waals surface area contributed by atoms with E-state index in [1.54, 1.807) is 24.3 Å². The van der Waals surface area contributed by atoms with Gasteiger partial charge in [0.25, 0.3) is 0 Å². The number of anilines is 2. The highest BCUT2D eigenvalue weighted by atomic mass is 16.2. The van der Waals surface area contributed by atoms with Crippen molar-refractivity contribution in [2.24, 2.45) is 5.41 Å². The normalized spacial score (nSPS) is 11.0. The summed E-state index contributed by atoms with van der Waals surface area (Å²) in [5.41, 5.74) is 0.995. The van der Waals surface area contributed by atoms with Crippen molar-refractivity contribution in [3.63, 3.8) is 0 Å². The molecule has 5 heteroatoms. The molecule has 0 aliphatic carbocycles. The van der Waals surface area contributed by atoms with Gasteiger partial charge in [0.1, 0.15) is 0 Å². The van der Waals surface area contributed by atoms with Crippen LogP contribution < -0.4 is 16.0 Å². The summed E-state index contributed by atoms with van der Waals surface area (Å²) >= 11 is 0. The minimum absolute atomic E-state index is 0.0403. The summed E-state index contributed by atoms with van der Waals surface area (Å²) in [6, 6.07) is 7.07. The first kappa shape index (κ1) is 16.2. The lowest BCUT2D eigenvalue weighted by Crippen LogP contribution is -2.28. The predicted octanol–water partition coefficient (Wildman–Crippen LogP) is 2.22. The van der Waals surface area contributed by atoms with E-state index in [2.05, 4.69) is 16.0 Å². The van der Waals surface area contributed by atoms with E-state index in [-0.39, 0.29) is 11.8 Å². The standard InChI is InChI=1S/C15H23N3O2/c1-5-16-10-13(19)17-11-6-8-12(9-7-11)18-14(20)15(2,3)4/h6-9,16H,5,10H2,1-4H3,(H,17,19)(H,18,20). The molecule has 0 radical (unpaired) electrons. The van der Waals surface area contributed by atoms with Crippen molar-refractivity contribution >= 4 is 23.2 Å². The van der Waals surface area contributed by atoms with E-state index in [0.717, 1.165) is 12.2 Å². The Morgan fingerprint density at radius 2 is 1.50 bits per heavy atom. The SMILES string of the molecule is CCNCC(=O)Nc1ccc(NC(=O)C(C)(C)C)cc1. The smallest absolute Gasteiger partial charge is 0.238 e. The third-order valence-corrected chi connectivity index (χ3v) is 2.64. The van der Waals surface area contributed by atoms with Crippen LogP contribution in [0.2, 0.25) is 0 Å². The van der Waals surface area contributed by atoms with E-state index in [1.807, 2.05) is 27.7 Å². The van der Waals surface area contributed by atoms with Crippen LogP contribution in [0.5, 0.6) is 0 Å². The van der Waals surface area contributed by atoms with Gasteiger partial charge in [-0.1, -0.05) is 27.7 Å². The van der Waals surface area contributed by atoms with Gasteiger partial charge in [0, 0.05) is 16.8 Å². The summed E-state index contributed by atoms with van der Waals surface area (Å²) in [5, 5.41) is 8.56. The Kier molecular flexibility index (Phi) is 5.70. The number of amides is 2. The summed E-state index contributed by atoms with van der Waals surface area (Å²) < 4.78 is 0. The van der Waals surface area contributed by atoms with Gasteiger partial charge in [-0.15, -0.1) is 0 Å². The molecular formula is C15H23N3O2. The van der Waals surface area contributed by atoms with Crippen LogP contribution in [0, 0.1) is 5.41 Å². The molecular weight excluding hydrogens is 254 g/mol. The lowest BCUT2D eigenvalue weighted by molar-refractivity contribution is -0.123. The Bertz CT molecular complexity index is 461. The molecule has 1 aromatic carbocycles. The zero-order valence-corrected chi connectivity index (χ0v) is 12.5. The molecule has 20 heavy (non-hydrogen) atoms. The Hall–Kier alpha value is -1.88. The molecule has 0 spiro atoms. The van der Waals surface area contributed by atoms with Crippen LogP contribution in [0.25, 0.3) is 0 Å². The average Bonchev–Trinajstić information content (AvgIpc) is 2.37. The van der Waals surface area contributed by atoms with E-state index in [1.165, 1.54) is 0 Å². The zero-order valence-electron chi connectivity index (χ0n) is 12.5. The third kappa shape index (κ3) is 5.40. The van der Waals surface area contributed by atoms with Crippen molar-refractivity contribution in [3.05, 3.63) is 24.3 Å². The van der Waals surface area contributed by atoms with Crippen LogP contribution in [0.1, 0.15) is 27.7 Å². The molecule has 0 aliphatic rings. The molecule has 0 atom stereocenters. The number of nitrogens with one attached hydrogen (secondary N) is 3. The maximum absolute atomic E-state index is 11.8. The second kappa shape index (κ2) is 7.05. The molecule has 0 saturated heterocycles. The van der Waals surface area contributed by atoms with Crippen LogP contribution >= 0.6 is 0 Å². The largest absolute Gasteiger partial charge is 0.326 e. The first-order valence-corrected chi connectivity index (χ1v) is 6.75. The fourth-order valence-corrected chi connectivity index (χ4v) is 1.40. The Balaban J connectivity index is 2.56. The van der Waals surface area contributed by atoms with Gasteiger partial charge in [0.15, 0.2) is 0 Å². The number of hydrogen-bond donors (Lipinski definition) is 3. The van der Waals surface area contributed by atoms with Crippen LogP contribution in [-0.4, -0.2) is 24.9 Å². The second-order valence-corrected chi connectivity index (χ2v) is 5.61. The Labute approximate surface area is 120 Å². The van der Waals surface area contributed by atoms with Crippen LogP contribution in [-0.2, 0) is 9.59 Å². The summed E-state index contributed by atoms with van der Waals surface area (Å²) in [7, 11) is 0. The molecule has 0 aromatic heterocycles. The number of carbonyl (C=O) groups excluding carboxylic acids is 2. The van der Waals surface area contributed by atoms with Crippen molar-refractivity contribution < 1.29 is 9.59 Å². The summed E-state index contributed by atoms with van der Waals surface area (Å²) in [6.45, 7) is 8.57. The molecule has 0 unspecified atom stereocenters. The molecule has 0 saturated carbocycles. The van der Waals surface area contributed by atoms with E-state index < -0.39 is 5.41 Å². The van der Waals surface area contributed by atoms with Gasteiger partial charge in [0.2, 0.25) is 11.8 Å². The minimum atomic E-state index is -0.432. The number of rotatable bonds is 5. The van der Waals surface area contributed by atoms with Gasteiger partial charge < -0.3 is 16.0 Å². The quantitative estimate of drug-likeness (QED) is 0.773. The Morgan fingerprint density at radius 3 is 1.95 bits per heavy atom. The van der Waals surface area contributed by atoms with E-state index >= 15 is 0 Å². The Morgan fingerprint density at radius 1 is 1.00 bits per heavy atom. The molecule has 0 fully saturated rings. The average molecular weight is 277 g/mol. The van der Waals surface area contributed by atoms with Crippen LogP contribution in [0.15, 0.2) is 24.3 Å². The predicted molar refractivity (Wildman–Crippen MR) is 81.7 cm³/mol. The topological polar surface area (TPSA) is 70.2 Å². The van der Waals surface area contributed by atoms with Crippen molar-refractivity contribution in [1.29, 1.82) is 0 Å². The summed E-state index contributed by atoms with van der Waals surface area (Å²) in [4.78, 5) is 23.3. The highest BCUT2D eigenvalue weighted by Crippen LogP contribution is 2.18. The molecule has 110 valence electrons. The first-order valence-electron chi connectivity index (χ1n) is 6.75. The molecule has 0 bridgehead atoms. The first-order chi connectivity index (χ1) is 9.32. The van der Waals surface area contributed by atoms with Gasteiger partial charge in [-0.25, -0.2) is 0 Å². The maximum Gasteiger partial charge on any atom is 0.238 e. The highest BCUT2D eigenvalue weighted by molar-refractivity contribution is 5.95. The monoisotopic (exact) mass is 277 g/mol. The summed E-state index contributed by atoms with van der Waals surface area (Å²) in [5.74, 6) is -0.125. The lowest BCUT2D eigenvalue weighted by Gasteiger charge is -2.17. The summed E-state index contributed by atoms with van der Waals surface area (Å²) in [6.07, 6.45) is 0. The minimum Gasteiger partial charge on any atom is -0.326 e.